The van der Waals surface area contributed by atoms with Crippen LogP contribution in [0.25, 0.3) is 0 Å². The Morgan fingerprint density at radius 3 is 1.68 bits per heavy atom. The van der Waals surface area contributed by atoms with Gasteiger partial charge in [0.25, 0.3) is 0 Å². The number of hydrogen-bond acceptors (Lipinski definition) is 2. The maximum atomic E-state index is 6.30. The molecule has 3 rings (SSSR count). The third-order valence-corrected chi connectivity index (χ3v) is 5.76. The Hall–Kier alpha value is -0.430. The zero-order chi connectivity index (χ0) is 12.9. The molecule has 2 saturated carbocycles. The second-order valence-corrected chi connectivity index (χ2v) is 7.07. The van der Waals surface area contributed by atoms with Crippen molar-refractivity contribution in [3.63, 3.8) is 0 Å². The molecule has 2 aliphatic carbocycles. The zero-order valence-corrected chi connectivity index (χ0v) is 12.4. The van der Waals surface area contributed by atoms with Gasteiger partial charge in [-0.05, 0) is 37.8 Å². The molecule has 0 radical (unpaired) electrons. The lowest BCUT2D eigenvalue weighted by molar-refractivity contribution is 0.154. The van der Waals surface area contributed by atoms with E-state index in [2.05, 4.69) is 30.3 Å². The lowest BCUT2D eigenvalue weighted by atomic mass is 10.3. The molecule has 0 unspecified atom stereocenters. The third-order valence-electron chi connectivity index (χ3n) is 4.06. The summed E-state index contributed by atoms with van der Waals surface area (Å²) in [6, 6.07) is 10.5. The van der Waals surface area contributed by atoms with Crippen LogP contribution in [0.1, 0.15) is 51.4 Å². The molecule has 1 aromatic rings. The minimum absolute atomic E-state index is 0.424. The van der Waals surface area contributed by atoms with Crippen LogP contribution in [0.4, 0.5) is 0 Å². The third kappa shape index (κ3) is 3.78. The summed E-state index contributed by atoms with van der Waals surface area (Å²) >= 11 is 0. The summed E-state index contributed by atoms with van der Waals surface area (Å²) in [7, 11) is -0.878. The van der Waals surface area contributed by atoms with Crippen molar-refractivity contribution in [1.82, 2.24) is 0 Å². The maximum Gasteiger partial charge on any atom is 0.205 e. The molecule has 0 atom stereocenters. The first-order valence-corrected chi connectivity index (χ1v) is 8.78. The Morgan fingerprint density at radius 2 is 1.21 bits per heavy atom. The molecule has 0 N–H and O–H groups in total. The van der Waals surface area contributed by atoms with Gasteiger partial charge in [-0.15, -0.1) is 0 Å². The van der Waals surface area contributed by atoms with Crippen LogP contribution < -0.4 is 5.30 Å². The highest BCUT2D eigenvalue weighted by Gasteiger charge is 2.27. The monoisotopic (exact) mass is 278 g/mol. The molecule has 104 valence electrons. The highest BCUT2D eigenvalue weighted by atomic mass is 31.2. The Labute approximate surface area is 117 Å². The average molecular weight is 278 g/mol. The largest absolute Gasteiger partial charge is 0.327 e. The summed E-state index contributed by atoms with van der Waals surface area (Å²) in [5, 5.41) is 1.23. The molecular weight excluding hydrogens is 255 g/mol. The number of rotatable bonds is 5. The van der Waals surface area contributed by atoms with Crippen LogP contribution in [-0.4, -0.2) is 12.2 Å². The summed E-state index contributed by atoms with van der Waals surface area (Å²) in [6.07, 6.45) is 10.9. The van der Waals surface area contributed by atoms with Crippen molar-refractivity contribution in [3.05, 3.63) is 30.3 Å². The van der Waals surface area contributed by atoms with Gasteiger partial charge in [0.1, 0.15) is 0 Å². The molecular formula is C16H23O2P. The zero-order valence-electron chi connectivity index (χ0n) is 11.5. The normalized spacial score (nSPS) is 21.5. The van der Waals surface area contributed by atoms with Crippen LogP contribution >= 0.6 is 8.38 Å². The molecule has 19 heavy (non-hydrogen) atoms. The molecule has 0 bridgehead atoms. The molecule has 2 fully saturated rings. The molecule has 2 aliphatic rings. The van der Waals surface area contributed by atoms with E-state index in [1.807, 2.05) is 0 Å². The number of hydrogen-bond donors (Lipinski definition) is 0. The minimum Gasteiger partial charge on any atom is -0.327 e. The van der Waals surface area contributed by atoms with E-state index in [-0.39, 0.29) is 0 Å². The van der Waals surface area contributed by atoms with Crippen molar-refractivity contribution < 1.29 is 9.05 Å². The predicted molar refractivity (Wildman–Crippen MR) is 79.7 cm³/mol. The van der Waals surface area contributed by atoms with E-state index >= 15 is 0 Å². The van der Waals surface area contributed by atoms with Crippen molar-refractivity contribution in [3.8, 4) is 0 Å². The van der Waals surface area contributed by atoms with Crippen LogP contribution in [0, 0.1) is 0 Å². The van der Waals surface area contributed by atoms with Crippen molar-refractivity contribution in [1.29, 1.82) is 0 Å². The van der Waals surface area contributed by atoms with Crippen LogP contribution in [0.2, 0.25) is 0 Å². The summed E-state index contributed by atoms with van der Waals surface area (Å²) in [5.41, 5.74) is 0. The van der Waals surface area contributed by atoms with Gasteiger partial charge in [0.2, 0.25) is 8.38 Å². The maximum absolute atomic E-state index is 6.30. The second kappa shape index (κ2) is 6.83. The second-order valence-electron chi connectivity index (χ2n) is 5.62. The molecule has 0 amide bonds. The Balaban J connectivity index is 1.66. The van der Waals surface area contributed by atoms with E-state index < -0.39 is 8.38 Å². The van der Waals surface area contributed by atoms with Crippen LogP contribution in [0.15, 0.2) is 30.3 Å². The molecule has 0 spiro atoms. The fraction of sp³-hybridized carbons (Fsp3) is 0.625. The highest BCUT2D eigenvalue weighted by molar-refractivity contribution is 7.56. The van der Waals surface area contributed by atoms with E-state index in [0.29, 0.717) is 12.2 Å². The molecule has 0 saturated heterocycles. The molecule has 0 aliphatic heterocycles. The predicted octanol–water partition coefficient (Wildman–Crippen LogP) is 4.54. The van der Waals surface area contributed by atoms with E-state index in [4.69, 9.17) is 9.05 Å². The summed E-state index contributed by atoms with van der Waals surface area (Å²) in [5.74, 6) is 0. The van der Waals surface area contributed by atoms with Gasteiger partial charge in [-0.25, -0.2) is 0 Å². The van der Waals surface area contributed by atoms with E-state index in [1.165, 1.54) is 56.7 Å². The van der Waals surface area contributed by atoms with Gasteiger partial charge in [0.05, 0.1) is 12.2 Å². The first kappa shape index (κ1) is 13.5. The van der Waals surface area contributed by atoms with Crippen molar-refractivity contribution in [2.75, 3.05) is 0 Å². The molecule has 2 nitrogen and oxygen atoms in total. The van der Waals surface area contributed by atoms with Gasteiger partial charge in [-0.1, -0.05) is 43.9 Å². The average Bonchev–Trinajstić information content (AvgIpc) is 3.12. The van der Waals surface area contributed by atoms with Crippen molar-refractivity contribution >= 4 is 13.7 Å². The van der Waals surface area contributed by atoms with Crippen LogP contribution in [0.3, 0.4) is 0 Å². The van der Waals surface area contributed by atoms with Gasteiger partial charge >= 0.3 is 0 Å². The highest BCUT2D eigenvalue weighted by Crippen LogP contribution is 2.45. The summed E-state index contributed by atoms with van der Waals surface area (Å²) < 4.78 is 12.6. The lowest BCUT2D eigenvalue weighted by Gasteiger charge is -2.24. The van der Waals surface area contributed by atoms with Gasteiger partial charge in [0, 0.05) is 5.30 Å². The quantitative estimate of drug-likeness (QED) is 0.736. The molecule has 1 aromatic carbocycles. The Morgan fingerprint density at radius 1 is 0.737 bits per heavy atom. The fourth-order valence-electron chi connectivity index (χ4n) is 2.95. The van der Waals surface area contributed by atoms with Gasteiger partial charge < -0.3 is 9.05 Å². The van der Waals surface area contributed by atoms with Crippen molar-refractivity contribution in [2.45, 2.75) is 63.6 Å². The smallest absolute Gasteiger partial charge is 0.205 e. The van der Waals surface area contributed by atoms with Gasteiger partial charge in [-0.2, -0.15) is 0 Å². The van der Waals surface area contributed by atoms with E-state index in [9.17, 15) is 0 Å². The molecule has 3 heteroatoms. The SMILES string of the molecule is c1ccc(P(OC2CCCC2)OC2CCCC2)cc1. The van der Waals surface area contributed by atoms with Crippen LogP contribution in [-0.2, 0) is 9.05 Å². The Kier molecular flexibility index (Phi) is 4.87. The van der Waals surface area contributed by atoms with E-state index in [1.54, 1.807) is 0 Å². The molecule has 0 aromatic heterocycles. The topological polar surface area (TPSA) is 18.5 Å². The van der Waals surface area contributed by atoms with Gasteiger partial charge in [0.15, 0.2) is 0 Å². The van der Waals surface area contributed by atoms with Gasteiger partial charge in [-0.3, -0.25) is 0 Å². The first-order valence-electron chi connectivity index (χ1n) is 7.60. The standard InChI is InChI=1S/C16H23O2P/c1-2-12-16(13-3-1)19(17-14-8-4-5-9-14)18-15-10-6-7-11-15/h1-3,12-15H,4-11H2. The van der Waals surface area contributed by atoms with Crippen LogP contribution in [0.5, 0.6) is 0 Å². The number of benzene rings is 1. The summed E-state index contributed by atoms with van der Waals surface area (Å²) in [4.78, 5) is 0. The van der Waals surface area contributed by atoms with E-state index in [0.717, 1.165) is 0 Å². The summed E-state index contributed by atoms with van der Waals surface area (Å²) in [6.45, 7) is 0. The first-order chi connectivity index (χ1) is 9.42. The fourth-order valence-corrected chi connectivity index (χ4v) is 4.63. The van der Waals surface area contributed by atoms with Crippen molar-refractivity contribution in [2.24, 2.45) is 0 Å². The lowest BCUT2D eigenvalue weighted by Crippen LogP contribution is -2.15. The minimum atomic E-state index is -0.878. The molecule has 0 heterocycles. The Bertz CT molecular complexity index is 352.